The van der Waals surface area contributed by atoms with Crippen LogP contribution in [0.15, 0.2) is 30.6 Å². The highest BCUT2D eigenvalue weighted by Crippen LogP contribution is 2.38. The molecule has 30 heavy (non-hydrogen) atoms. The van der Waals surface area contributed by atoms with Crippen LogP contribution in [-0.4, -0.2) is 58.2 Å². The Hall–Kier alpha value is -2.42. The number of aromatic nitrogens is 3. The smallest absolute Gasteiger partial charge is 0.433 e. The lowest BCUT2D eigenvalue weighted by atomic mass is 10.2. The Morgan fingerprint density at radius 1 is 1.03 bits per heavy atom. The first-order valence-electron chi connectivity index (χ1n) is 10.5. The van der Waals surface area contributed by atoms with Gasteiger partial charge in [-0.05, 0) is 31.4 Å². The van der Waals surface area contributed by atoms with Gasteiger partial charge in [-0.25, -0.2) is 9.97 Å². The summed E-state index contributed by atoms with van der Waals surface area (Å²) in [7, 11) is 0. The molecule has 2 atom stereocenters. The van der Waals surface area contributed by atoms with Gasteiger partial charge in [-0.2, -0.15) is 13.2 Å². The van der Waals surface area contributed by atoms with Crippen LogP contribution in [0, 0.1) is 0 Å². The maximum atomic E-state index is 13.0. The summed E-state index contributed by atoms with van der Waals surface area (Å²) in [6.45, 7) is 3.02. The first kappa shape index (κ1) is 19.5. The summed E-state index contributed by atoms with van der Waals surface area (Å²) in [6, 6.07) is 4.32. The lowest BCUT2D eigenvalue weighted by molar-refractivity contribution is -0.141. The number of nitrogens with zero attached hydrogens (tertiary/aromatic N) is 5. The Labute approximate surface area is 173 Å². The lowest BCUT2D eigenvalue weighted by Crippen LogP contribution is -2.37. The highest BCUT2D eigenvalue weighted by atomic mass is 19.4. The van der Waals surface area contributed by atoms with E-state index in [1.54, 1.807) is 18.5 Å². The van der Waals surface area contributed by atoms with Crippen molar-refractivity contribution in [2.45, 2.75) is 49.9 Å². The molecular weight excluding hydrogens is 395 g/mol. The van der Waals surface area contributed by atoms with E-state index in [0.29, 0.717) is 30.7 Å². The van der Waals surface area contributed by atoms with Crippen LogP contribution in [0.3, 0.4) is 0 Å². The highest BCUT2D eigenvalue weighted by molar-refractivity contribution is 5.40. The van der Waals surface area contributed by atoms with Crippen molar-refractivity contribution >= 4 is 5.82 Å². The zero-order valence-corrected chi connectivity index (χ0v) is 16.6. The molecule has 1 saturated carbocycles. The molecule has 2 aromatic rings. The summed E-state index contributed by atoms with van der Waals surface area (Å²) >= 11 is 0. The first-order valence-corrected chi connectivity index (χ1v) is 10.5. The maximum Gasteiger partial charge on any atom is 0.433 e. The van der Waals surface area contributed by atoms with Crippen LogP contribution in [0.4, 0.5) is 19.0 Å². The number of pyridine rings is 1. The summed E-state index contributed by atoms with van der Waals surface area (Å²) < 4.78 is 45.2. The van der Waals surface area contributed by atoms with E-state index in [2.05, 4.69) is 19.9 Å². The molecule has 0 aromatic carbocycles. The molecule has 2 saturated heterocycles. The summed E-state index contributed by atoms with van der Waals surface area (Å²) in [6.07, 6.45) is 3.13. The average Bonchev–Trinajstić information content (AvgIpc) is 3.53. The minimum absolute atomic E-state index is 0.00509. The Bertz CT molecular complexity index is 887. The first-order chi connectivity index (χ1) is 14.5. The van der Waals surface area contributed by atoms with Crippen molar-refractivity contribution in [2.24, 2.45) is 0 Å². The Morgan fingerprint density at radius 2 is 1.90 bits per heavy atom. The van der Waals surface area contributed by atoms with Crippen molar-refractivity contribution in [1.29, 1.82) is 0 Å². The molecule has 1 aliphatic carbocycles. The van der Waals surface area contributed by atoms with E-state index in [1.165, 1.54) is 18.9 Å². The number of fused-ring (bicyclic) bond motifs is 1. The van der Waals surface area contributed by atoms with Crippen LogP contribution in [0.25, 0.3) is 0 Å². The Kier molecular flexibility index (Phi) is 5.00. The molecule has 0 spiro atoms. The number of rotatable bonds is 4. The fraction of sp³-hybridized carbons (Fsp3) is 0.571. The fourth-order valence-corrected chi connectivity index (χ4v) is 4.41. The summed E-state index contributed by atoms with van der Waals surface area (Å²) in [5.74, 6) is 1.49. The molecule has 6 nitrogen and oxygen atoms in total. The van der Waals surface area contributed by atoms with Gasteiger partial charge < -0.3 is 9.64 Å². The van der Waals surface area contributed by atoms with E-state index in [0.717, 1.165) is 37.7 Å². The normalized spacial score (nSPS) is 25.1. The standard InChI is InChI=1S/C21H24F3N5O/c22-21(23,24)18-3-1-4-19(27-18)29-8-2-7-28-13-16(9-15(28)12-29)30-20-11-25-17(10-26-20)14-5-6-14/h1,3-4,10-11,14-16H,2,5-9,12-13H2/t15-,16+/m0/s1. The van der Waals surface area contributed by atoms with Crippen LogP contribution in [0.2, 0.25) is 0 Å². The van der Waals surface area contributed by atoms with Gasteiger partial charge in [0, 0.05) is 44.6 Å². The number of anilines is 1. The predicted molar refractivity (Wildman–Crippen MR) is 104 cm³/mol. The van der Waals surface area contributed by atoms with Crippen LogP contribution >= 0.6 is 0 Å². The minimum Gasteiger partial charge on any atom is -0.472 e. The second-order valence-electron chi connectivity index (χ2n) is 8.36. The Balaban J connectivity index is 1.24. The SMILES string of the molecule is FC(F)(F)c1cccc(N2CCCN3C[C@H](Oc4cnc(C5CC5)cn4)C[C@H]3C2)n1. The van der Waals surface area contributed by atoms with Crippen LogP contribution in [-0.2, 0) is 6.18 Å². The third-order valence-electron chi connectivity index (χ3n) is 6.07. The fourth-order valence-electron chi connectivity index (χ4n) is 4.41. The molecule has 160 valence electrons. The summed E-state index contributed by atoms with van der Waals surface area (Å²) in [4.78, 5) is 17.1. The molecule has 5 rings (SSSR count). The molecule has 0 radical (unpaired) electrons. The van der Waals surface area contributed by atoms with Gasteiger partial charge in [-0.3, -0.25) is 9.88 Å². The molecule has 0 bridgehead atoms. The van der Waals surface area contributed by atoms with E-state index in [-0.39, 0.29) is 12.1 Å². The van der Waals surface area contributed by atoms with Crippen LogP contribution in [0.5, 0.6) is 5.88 Å². The van der Waals surface area contributed by atoms with Gasteiger partial charge in [-0.1, -0.05) is 6.07 Å². The number of halogens is 3. The molecule has 4 heterocycles. The predicted octanol–water partition coefficient (Wildman–Crippen LogP) is 3.50. The van der Waals surface area contributed by atoms with E-state index in [9.17, 15) is 13.2 Å². The van der Waals surface area contributed by atoms with Gasteiger partial charge >= 0.3 is 6.18 Å². The number of ether oxygens (including phenoxy) is 1. The second kappa shape index (κ2) is 7.68. The molecule has 0 amide bonds. The van der Waals surface area contributed by atoms with Crippen molar-refractivity contribution in [2.75, 3.05) is 31.1 Å². The van der Waals surface area contributed by atoms with Gasteiger partial charge in [-0.15, -0.1) is 0 Å². The zero-order chi connectivity index (χ0) is 20.7. The van der Waals surface area contributed by atoms with Gasteiger partial charge in [0.15, 0.2) is 0 Å². The van der Waals surface area contributed by atoms with E-state index in [4.69, 9.17) is 4.74 Å². The molecule has 0 N–H and O–H groups in total. The van der Waals surface area contributed by atoms with Gasteiger partial charge in [0.05, 0.1) is 18.1 Å². The lowest BCUT2D eigenvalue weighted by Gasteiger charge is -2.26. The van der Waals surface area contributed by atoms with E-state index in [1.807, 2.05) is 4.90 Å². The van der Waals surface area contributed by atoms with Gasteiger partial charge in [0.25, 0.3) is 0 Å². The maximum absolute atomic E-state index is 13.0. The molecule has 2 aromatic heterocycles. The molecule has 2 aliphatic heterocycles. The van der Waals surface area contributed by atoms with Crippen molar-refractivity contribution in [3.63, 3.8) is 0 Å². The van der Waals surface area contributed by atoms with Crippen LogP contribution < -0.4 is 9.64 Å². The van der Waals surface area contributed by atoms with Crippen molar-refractivity contribution in [3.05, 3.63) is 42.0 Å². The number of hydrogen-bond acceptors (Lipinski definition) is 6. The molecule has 9 heteroatoms. The highest BCUT2D eigenvalue weighted by Gasteiger charge is 2.37. The van der Waals surface area contributed by atoms with Crippen molar-refractivity contribution < 1.29 is 17.9 Å². The monoisotopic (exact) mass is 419 g/mol. The summed E-state index contributed by atoms with van der Waals surface area (Å²) in [5.41, 5.74) is 0.189. The quantitative estimate of drug-likeness (QED) is 0.756. The minimum atomic E-state index is -4.43. The zero-order valence-electron chi connectivity index (χ0n) is 16.6. The van der Waals surface area contributed by atoms with E-state index >= 15 is 0 Å². The second-order valence-corrected chi connectivity index (χ2v) is 8.36. The average molecular weight is 419 g/mol. The van der Waals surface area contributed by atoms with Gasteiger partial charge in [0.2, 0.25) is 5.88 Å². The third-order valence-corrected chi connectivity index (χ3v) is 6.07. The molecule has 3 aliphatic rings. The number of alkyl halides is 3. The topological polar surface area (TPSA) is 54.4 Å². The molecular formula is C21H24F3N5O. The summed E-state index contributed by atoms with van der Waals surface area (Å²) in [5, 5.41) is 0. The van der Waals surface area contributed by atoms with Crippen LogP contribution in [0.1, 0.15) is 43.0 Å². The Morgan fingerprint density at radius 3 is 2.63 bits per heavy atom. The third kappa shape index (κ3) is 4.21. The number of hydrogen-bond donors (Lipinski definition) is 0. The molecule has 0 unspecified atom stereocenters. The van der Waals surface area contributed by atoms with Crippen molar-refractivity contribution in [3.8, 4) is 5.88 Å². The van der Waals surface area contributed by atoms with Crippen molar-refractivity contribution in [1.82, 2.24) is 19.9 Å². The van der Waals surface area contributed by atoms with Gasteiger partial charge in [0.1, 0.15) is 17.6 Å². The largest absolute Gasteiger partial charge is 0.472 e. The van der Waals surface area contributed by atoms with E-state index < -0.39 is 11.9 Å². The molecule has 3 fully saturated rings.